The molecule has 0 radical (unpaired) electrons. The third-order valence-corrected chi connectivity index (χ3v) is 5.19. The molecule has 0 spiro atoms. The molecule has 1 saturated heterocycles. The predicted octanol–water partition coefficient (Wildman–Crippen LogP) is 4.07. The van der Waals surface area contributed by atoms with E-state index in [0.29, 0.717) is 30.3 Å². The summed E-state index contributed by atoms with van der Waals surface area (Å²) in [6.07, 6.45) is 2.11. The summed E-state index contributed by atoms with van der Waals surface area (Å²) in [4.78, 5) is 26.7. The normalized spacial score (nSPS) is 14.3. The summed E-state index contributed by atoms with van der Waals surface area (Å²) in [6, 6.07) is 14.6. The van der Waals surface area contributed by atoms with Gasteiger partial charge in [0.1, 0.15) is 12.4 Å². The van der Waals surface area contributed by atoms with Crippen LogP contribution in [0.15, 0.2) is 48.5 Å². The fourth-order valence-corrected chi connectivity index (χ4v) is 3.35. The van der Waals surface area contributed by atoms with Gasteiger partial charge in [0.2, 0.25) is 0 Å². The van der Waals surface area contributed by atoms with E-state index in [1.54, 1.807) is 12.1 Å². The molecule has 1 aliphatic heterocycles. The highest BCUT2D eigenvalue weighted by Gasteiger charge is 2.21. The second kappa shape index (κ2) is 9.96. The molecule has 154 valence electrons. The van der Waals surface area contributed by atoms with Crippen LogP contribution in [0.2, 0.25) is 0 Å². The maximum Gasteiger partial charge on any atom is 0.319 e. The van der Waals surface area contributed by atoms with E-state index >= 15 is 0 Å². The Labute approximate surface area is 172 Å². The minimum absolute atomic E-state index is 0.0639. The number of nitrogens with zero attached hydrogens (tertiary/aromatic N) is 1. The van der Waals surface area contributed by atoms with Crippen molar-refractivity contribution in [1.29, 1.82) is 0 Å². The van der Waals surface area contributed by atoms with E-state index in [1.807, 2.05) is 48.2 Å². The van der Waals surface area contributed by atoms with Crippen molar-refractivity contribution in [3.8, 4) is 5.75 Å². The average Bonchev–Trinajstić information content (AvgIpc) is 2.73. The number of carbonyl (C=O) groups excluding carboxylic acids is 2. The first-order chi connectivity index (χ1) is 14.0. The minimum atomic E-state index is -0.297. The van der Waals surface area contributed by atoms with Crippen molar-refractivity contribution >= 4 is 17.6 Å². The standard InChI is InChI=1S/C23H29N3O3/c1-17-10-13-26(14-11-17)22(27)19-8-9-21(18(2)16-19)25-23(28)24-12-15-29-20-6-4-3-5-7-20/h3-9,16-17H,10-15H2,1-2H3,(H2,24,25,28). The molecule has 0 bridgehead atoms. The lowest BCUT2D eigenvalue weighted by Crippen LogP contribution is -2.38. The zero-order valence-electron chi connectivity index (χ0n) is 17.1. The highest BCUT2D eigenvalue weighted by atomic mass is 16.5. The first-order valence-corrected chi connectivity index (χ1v) is 10.2. The summed E-state index contributed by atoms with van der Waals surface area (Å²) < 4.78 is 5.55. The molecule has 0 atom stereocenters. The van der Waals surface area contributed by atoms with E-state index < -0.39 is 0 Å². The van der Waals surface area contributed by atoms with Gasteiger partial charge < -0.3 is 20.3 Å². The van der Waals surface area contributed by atoms with E-state index in [-0.39, 0.29) is 11.9 Å². The Hall–Kier alpha value is -3.02. The summed E-state index contributed by atoms with van der Waals surface area (Å²) >= 11 is 0. The van der Waals surface area contributed by atoms with Gasteiger partial charge in [-0.15, -0.1) is 0 Å². The number of nitrogens with one attached hydrogen (secondary N) is 2. The number of urea groups is 1. The van der Waals surface area contributed by atoms with Crippen LogP contribution in [0.25, 0.3) is 0 Å². The molecule has 3 amide bonds. The van der Waals surface area contributed by atoms with Crippen LogP contribution < -0.4 is 15.4 Å². The second-order valence-electron chi connectivity index (χ2n) is 7.55. The smallest absolute Gasteiger partial charge is 0.319 e. The zero-order chi connectivity index (χ0) is 20.6. The molecule has 0 aromatic heterocycles. The maximum atomic E-state index is 12.7. The van der Waals surface area contributed by atoms with Gasteiger partial charge >= 0.3 is 6.03 Å². The topological polar surface area (TPSA) is 70.7 Å². The molecule has 2 aromatic carbocycles. The van der Waals surface area contributed by atoms with Crippen molar-refractivity contribution in [3.63, 3.8) is 0 Å². The predicted molar refractivity (Wildman–Crippen MR) is 114 cm³/mol. The van der Waals surface area contributed by atoms with Gasteiger partial charge in [-0.2, -0.15) is 0 Å². The Morgan fingerprint density at radius 2 is 1.83 bits per heavy atom. The monoisotopic (exact) mass is 395 g/mol. The fraction of sp³-hybridized carbons (Fsp3) is 0.391. The molecule has 1 heterocycles. The summed E-state index contributed by atoms with van der Waals surface area (Å²) in [5.41, 5.74) is 2.21. The van der Waals surface area contributed by atoms with E-state index in [9.17, 15) is 9.59 Å². The number of rotatable bonds is 6. The first-order valence-electron chi connectivity index (χ1n) is 10.2. The SMILES string of the molecule is Cc1cc(C(=O)N2CCC(C)CC2)ccc1NC(=O)NCCOc1ccccc1. The summed E-state index contributed by atoms with van der Waals surface area (Å²) in [5, 5.41) is 5.60. The second-order valence-corrected chi connectivity index (χ2v) is 7.55. The minimum Gasteiger partial charge on any atom is -0.492 e. The zero-order valence-corrected chi connectivity index (χ0v) is 17.1. The third kappa shape index (κ3) is 5.98. The van der Waals surface area contributed by atoms with Gasteiger partial charge in [-0.25, -0.2) is 4.79 Å². The molecule has 3 rings (SSSR count). The van der Waals surface area contributed by atoms with Crippen LogP contribution in [0, 0.1) is 12.8 Å². The van der Waals surface area contributed by atoms with Crippen molar-refractivity contribution in [2.24, 2.45) is 5.92 Å². The van der Waals surface area contributed by atoms with Gasteiger partial charge in [0.15, 0.2) is 0 Å². The van der Waals surface area contributed by atoms with Crippen LogP contribution in [-0.4, -0.2) is 43.1 Å². The van der Waals surface area contributed by atoms with Crippen molar-refractivity contribution in [2.75, 3.05) is 31.6 Å². The number of aryl methyl sites for hydroxylation is 1. The lowest BCUT2D eigenvalue weighted by atomic mass is 9.98. The Bertz CT molecular complexity index is 831. The molecule has 1 fully saturated rings. The molecule has 29 heavy (non-hydrogen) atoms. The number of para-hydroxylation sites is 1. The van der Waals surface area contributed by atoms with Crippen molar-refractivity contribution in [2.45, 2.75) is 26.7 Å². The molecule has 6 nitrogen and oxygen atoms in total. The van der Waals surface area contributed by atoms with Crippen molar-refractivity contribution < 1.29 is 14.3 Å². The number of piperidine rings is 1. The number of anilines is 1. The van der Waals surface area contributed by atoms with E-state index in [2.05, 4.69) is 17.6 Å². The molecule has 1 aliphatic rings. The molecule has 0 unspecified atom stereocenters. The number of ether oxygens (including phenoxy) is 1. The van der Waals surface area contributed by atoms with Crippen LogP contribution in [-0.2, 0) is 0 Å². The van der Waals surface area contributed by atoms with Crippen LogP contribution in [0.4, 0.5) is 10.5 Å². The molecule has 2 N–H and O–H groups in total. The fourth-order valence-electron chi connectivity index (χ4n) is 3.35. The van der Waals surface area contributed by atoms with Crippen LogP contribution in [0.5, 0.6) is 5.75 Å². The number of benzene rings is 2. The first kappa shape index (κ1) is 20.7. The number of amides is 3. The number of likely N-dealkylation sites (tertiary alicyclic amines) is 1. The van der Waals surface area contributed by atoms with Crippen molar-refractivity contribution in [3.05, 3.63) is 59.7 Å². The maximum absolute atomic E-state index is 12.7. The third-order valence-electron chi connectivity index (χ3n) is 5.19. The summed E-state index contributed by atoms with van der Waals surface area (Å²) in [7, 11) is 0. The van der Waals surface area contributed by atoms with Gasteiger partial charge in [-0.1, -0.05) is 25.1 Å². The van der Waals surface area contributed by atoms with Crippen LogP contribution in [0.1, 0.15) is 35.7 Å². The summed E-state index contributed by atoms with van der Waals surface area (Å²) in [5.74, 6) is 1.52. The van der Waals surface area contributed by atoms with Crippen molar-refractivity contribution in [1.82, 2.24) is 10.2 Å². The van der Waals surface area contributed by atoms with E-state index in [4.69, 9.17) is 4.74 Å². The van der Waals surface area contributed by atoms with E-state index in [1.165, 1.54) is 0 Å². The number of carbonyl (C=O) groups is 2. The highest BCUT2D eigenvalue weighted by Crippen LogP contribution is 2.21. The highest BCUT2D eigenvalue weighted by molar-refractivity contribution is 5.96. The Kier molecular flexibility index (Phi) is 7.11. The quantitative estimate of drug-likeness (QED) is 0.725. The van der Waals surface area contributed by atoms with Gasteiger partial charge in [-0.05, 0) is 61.6 Å². The van der Waals surface area contributed by atoms with Gasteiger partial charge in [-0.3, -0.25) is 4.79 Å². The van der Waals surface area contributed by atoms with Gasteiger partial charge in [0.05, 0.1) is 6.54 Å². The Morgan fingerprint density at radius 3 is 2.52 bits per heavy atom. The van der Waals surface area contributed by atoms with Gasteiger partial charge in [0, 0.05) is 24.3 Å². The molecular weight excluding hydrogens is 366 g/mol. The number of hydrogen-bond acceptors (Lipinski definition) is 3. The average molecular weight is 396 g/mol. The molecule has 0 aliphatic carbocycles. The van der Waals surface area contributed by atoms with E-state index in [0.717, 1.165) is 37.2 Å². The largest absolute Gasteiger partial charge is 0.492 e. The Balaban J connectivity index is 1.47. The molecule has 2 aromatic rings. The lowest BCUT2D eigenvalue weighted by Gasteiger charge is -2.30. The summed E-state index contributed by atoms with van der Waals surface area (Å²) in [6.45, 7) is 6.52. The lowest BCUT2D eigenvalue weighted by molar-refractivity contribution is 0.0697. The molecule has 6 heteroatoms. The van der Waals surface area contributed by atoms with Crippen LogP contribution in [0.3, 0.4) is 0 Å². The Morgan fingerprint density at radius 1 is 1.10 bits per heavy atom. The molecule has 0 saturated carbocycles. The van der Waals surface area contributed by atoms with Gasteiger partial charge in [0.25, 0.3) is 5.91 Å². The molecular formula is C23H29N3O3. The number of hydrogen-bond donors (Lipinski definition) is 2. The van der Waals surface area contributed by atoms with Crippen LogP contribution >= 0.6 is 0 Å².